The van der Waals surface area contributed by atoms with Gasteiger partial charge in [0, 0.05) is 12.5 Å². The van der Waals surface area contributed by atoms with Crippen LogP contribution < -0.4 is 5.32 Å². The molecule has 0 bridgehead atoms. The van der Waals surface area contributed by atoms with Crippen LogP contribution in [0.1, 0.15) is 92.4 Å². The second-order valence-corrected chi connectivity index (χ2v) is 18.4. The van der Waals surface area contributed by atoms with Crippen molar-refractivity contribution in [2.75, 3.05) is 13.2 Å². The van der Waals surface area contributed by atoms with Crippen LogP contribution in [0.15, 0.2) is 11.6 Å². The van der Waals surface area contributed by atoms with Crippen LogP contribution in [0.5, 0.6) is 0 Å². The van der Waals surface area contributed by atoms with Crippen molar-refractivity contribution in [1.82, 2.24) is 5.32 Å². The van der Waals surface area contributed by atoms with E-state index in [0.29, 0.717) is 47.0 Å². The molecule has 4 heterocycles. The number of allylic oxidation sites excluding steroid dienone is 1. The van der Waals surface area contributed by atoms with Gasteiger partial charge in [-0.2, -0.15) is 0 Å². The minimum absolute atomic E-state index is 0.0881. The molecule has 4 aliphatic heterocycles. The van der Waals surface area contributed by atoms with Crippen LogP contribution in [0, 0.1) is 46.3 Å². The number of hydrogen-bond donors (Lipinski definition) is 7. The summed E-state index contributed by atoms with van der Waals surface area (Å²) in [5, 5.41) is 67.0. The van der Waals surface area contributed by atoms with E-state index >= 15 is 0 Å². The average Bonchev–Trinajstić information content (AvgIpc) is 3.56. The molecule has 0 aromatic rings. The van der Waals surface area contributed by atoms with Crippen LogP contribution in [-0.2, 0) is 23.7 Å². The summed E-state index contributed by atoms with van der Waals surface area (Å²) in [6, 6.07) is 0. The fourth-order valence-corrected chi connectivity index (χ4v) is 12.7. The molecule has 4 saturated heterocycles. The summed E-state index contributed by atoms with van der Waals surface area (Å²) < 4.78 is 30.7. The normalized spacial score (nSPS) is 58.4. The van der Waals surface area contributed by atoms with Crippen molar-refractivity contribution in [1.29, 1.82) is 0 Å². The van der Waals surface area contributed by atoms with E-state index in [-0.39, 0.29) is 17.2 Å². The number of aliphatic hydroxyl groups is 6. The molecular formula is C39H63NO11. The van der Waals surface area contributed by atoms with Gasteiger partial charge in [-0.3, -0.25) is 5.32 Å². The first-order valence-corrected chi connectivity index (χ1v) is 20.0. The molecule has 3 saturated carbocycles. The van der Waals surface area contributed by atoms with E-state index in [1.807, 2.05) is 0 Å². The Kier molecular flexibility index (Phi) is 9.83. The van der Waals surface area contributed by atoms with Gasteiger partial charge in [0.15, 0.2) is 12.6 Å². The van der Waals surface area contributed by atoms with E-state index in [1.54, 1.807) is 0 Å². The van der Waals surface area contributed by atoms with Gasteiger partial charge in [0.25, 0.3) is 0 Å². The molecule has 0 aromatic carbocycles. The van der Waals surface area contributed by atoms with E-state index in [1.165, 1.54) is 38.2 Å². The summed E-state index contributed by atoms with van der Waals surface area (Å²) in [6.07, 6.45) is -1.11. The minimum Gasteiger partial charge on any atom is -0.394 e. The first kappa shape index (κ1) is 37.2. The highest BCUT2D eigenvalue weighted by atomic mass is 16.7. The van der Waals surface area contributed by atoms with E-state index < -0.39 is 68.0 Å². The minimum atomic E-state index is -1.60. The van der Waals surface area contributed by atoms with E-state index in [2.05, 4.69) is 39.1 Å². The molecule has 7 N–H and O–H groups in total. The van der Waals surface area contributed by atoms with Crippen molar-refractivity contribution in [2.24, 2.45) is 46.3 Å². The first-order valence-electron chi connectivity index (χ1n) is 20.0. The quantitative estimate of drug-likeness (QED) is 0.206. The summed E-state index contributed by atoms with van der Waals surface area (Å²) >= 11 is 0. The van der Waals surface area contributed by atoms with Gasteiger partial charge >= 0.3 is 0 Å². The third-order valence-corrected chi connectivity index (χ3v) is 15.8. The van der Waals surface area contributed by atoms with Crippen LogP contribution >= 0.6 is 0 Å². The highest BCUT2D eigenvalue weighted by molar-refractivity contribution is 5.26. The summed E-state index contributed by atoms with van der Waals surface area (Å²) in [4.78, 5) is 0. The Labute approximate surface area is 302 Å². The third-order valence-electron chi connectivity index (χ3n) is 15.8. The van der Waals surface area contributed by atoms with Crippen molar-refractivity contribution in [2.45, 2.75) is 172 Å². The zero-order chi connectivity index (χ0) is 36.2. The molecular weight excluding hydrogens is 658 g/mol. The first-order chi connectivity index (χ1) is 24.2. The van der Waals surface area contributed by atoms with Gasteiger partial charge in [0.2, 0.25) is 0 Å². The monoisotopic (exact) mass is 721 g/mol. The van der Waals surface area contributed by atoms with Crippen LogP contribution in [0.2, 0.25) is 0 Å². The molecule has 0 radical (unpaired) electrons. The number of hydrogen-bond acceptors (Lipinski definition) is 12. The summed E-state index contributed by atoms with van der Waals surface area (Å²) in [5.74, 6) is 3.74. The lowest BCUT2D eigenvalue weighted by Gasteiger charge is -2.59. The molecule has 0 aromatic heterocycles. The van der Waals surface area contributed by atoms with Gasteiger partial charge in [-0.05, 0) is 105 Å². The van der Waals surface area contributed by atoms with Gasteiger partial charge < -0.3 is 54.3 Å². The zero-order valence-electron chi connectivity index (χ0n) is 31.0. The molecule has 1 spiro atoms. The van der Waals surface area contributed by atoms with Gasteiger partial charge in [0.1, 0.15) is 48.5 Å². The average molecular weight is 722 g/mol. The second-order valence-electron chi connectivity index (χ2n) is 18.4. The molecule has 0 amide bonds. The lowest BCUT2D eigenvalue weighted by atomic mass is 9.47. The van der Waals surface area contributed by atoms with E-state index in [0.717, 1.165) is 38.6 Å². The topological polar surface area (TPSA) is 180 Å². The molecule has 10 unspecified atom stereocenters. The predicted octanol–water partition coefficient (Wildman–Crippen LogP) is 1.96. The molecule has 7 fully saturated rings. The van der Waals surface area contributed by atoms with Crippen molar-refractivity contribution in [3.05, 3.63) is 11.6 Å². The Balaban J connectivity index is 0.915. The Hall–Kier alpha value is -0.740. The number of ether oxygens (including phenoxy) is 5. The number of nitrogens with one attached hydrogen (secondary N) is 1. The number of piperidine rings is 1. The van der Waals surface area contributed by atoms with Crippen LogP contribution in [0.3, 0.4) is 0 Å². The molecule has 12 nitrogen and oxygen atoms in total. The fourth-order valence-electron chi connectivity index (χ4n) is 12.7. The number of aliphatic hydroxyl groups excluding tert-OH is 6. The second kappa shape index (κ2) is 13.5. The highest BCUT2D eigenvalue weighted by Crippen LogP contribution is 2.70. The van der Waals surface area contributed by atoms with Crippen molar-refractivity contribution in [3.8, 4) is 0 Å². The lowest BCUT2D eigenvalue weighted by molar-refractivity contribution is -0.360. The summed E-state index contributed by atoms with van der Waals surface area (Å²) in [7, 11) is 0. The number of fused-ring (bicyclic) bond motifs is 7. The van der Waals surface area contributed by atoms with Crippen molar-refractivity contribution in [3.63, 3.8) is 0 Å². The van der Waals surface area contributed by atoms with Crippen LogP contribution in [0.4, 0.5) is 0 Å². The van der Waals surface area contributed by atoms with Crippen LogP contribution in [0.25, 0.3) is 0 Å². The van der Waals surface area contributed by atoms with Gasteiger partial charge in [0.05, 0.1) is 24.9 Å². The zero-order valence-corrected chi connectivity index (χ0v) is 31.0. The fraction of sp³-hybridized carbons (Fsp3) is 0.949. The van der Waals surface area contributed by atoms with E-state index in [9.17, 15) is 30.6 Å². The standard InChI is InChI=1S/C39H63NO11/c1-18-8-13-39(40-16-18)19(2)28-26(51-39)15-25-23-7-6-21-14-22(9-11-37(21,4)24(23)10-12-38(25,28)5)48-36-33(46)31(44)34(27(17-41)49-36)50-35-32(45)30(43)29(42)20(3)47-35/h6,18-20,22-36,40-46H,7-17H2,1-5H3/t18-,19+,20?,22+,23-,24+,25+,26+,27?,28+,29?,30?,31?,32?,33?,34?,35?,36?,37+,38+,39-/m1/s1. The number of rotatable bonds is 5. The Morgan fingerprint density at radius 1 is 0.843 bits per heavy atom. The molecule has 8 rings (SSSR count). The Bertz CT molecular complexity index is 1310. The maximum Gasteiger partial charge on any atom is 0.187 e. The molecule has 21 atom stereocenters. The maximum absolute atomic E-state index is 11.1. The molecule has 12 heteroatoms. The smallest absolute Gasteiger partial charge is 0.187 e. The van der Waals surface area contributed by atoms with Crippen LogP contribution in [-0.4, -0.2) is 123 Å². The maximum atomic E-state index is 11.1. The molecule has 51 heavy (non-hydrogen) atoms. The third kappa shape index (κ3) is 5.84. The van der Waals surface area contributed by atoms with Gasteiger partial charge in [-0.1, -0.05) is 39.3 Å². The SMILES string of the molecule is CC1OC(OC2C(CO)OC(O[C@H]3CC[C@@]4(C)C(=CC[C@H]5[C@@H]6C[C@@H]7O[C@]8(CC[C@@H](C)CN8)[C@@H](C)[C@@H]7[C@@]6(C)CC[C@@H]54)C3)C(O)C2O)C(O)C(O)C1O. The lowest BCUT2D eigenvalue weighted by Crippen LogP contribution is -2.64. The molecule has 290 valence electrons. The molecule has 8 aliphatic rings. The van der Waals surface area contributed by atoms with Gasteiger partial charge in [-0.15, -0.1) is 0 Å². The largest absolute Gasteiger partial charge is 0.394 e. The van der Waals surface area contributed by atoms with Crippen molar-refractivity contribution < 1.29 is 54.3 Å². The van der Waals surface area contributed by atoms with Crippen molar-refractivity contribution >= 4 is 0 Å². The highest BCUT2D eigenvalue weighted by Gasteiger charge is 2.68. The Morgan fingerprint density at radius 2 is 1.59 bits per heavy atom. The van der Waals surface area contributed by atoms with Gasteiger partial charge in [-0.25, -0.2) is 0 Å². The summed E-state index contributed by atoms with van der Waals surface area (Å²) in [5.41, 5.74) is 1.66. The summed E-state index contributed by atoms with van der Waals surface area (Å²) in [6.45, 7) is 11.9. The molecule has 4 aliphatic carbocycles. The van der Waals surface area contributed by atoms with E-state index in [4.69, 9.17) is 23.7 Å². The predicted molar refractivity (Wildman–Crippen MR) is 184 cm³/mol. The Morgan fingerprint density at radius 3 is 2.31 bits per heavy atom.